The van der Waals surface area contributed by atoms with E-state index in [1.165, 1.54) is 11.1 Å². The Kier molecular flexibility index (Phi) is 4.55. The lowest BCUT2D eigenvalue weighted by atomic mass is 9.83. The Morgan fingerprint density at radius 1 is 1.06 bits per heavy atom. The summed E-state index contributed by atoms with van der Waals surface area (Å²) in [5.41, 5.74) is 3.14. The van der Waals surface area contributed by atoms with Crippen molar-refractivity contribution in [2.24, 2.45) is 5.41 Å². The number of likely N-dealkylation sites (N-methyl/N-ethyl adjacent to an activating group) is 1. The van der Waals surface area contributed by atoms with Crippen LogP contribution in [0.1, 0.15) is 38.8 Å². The summed E-state index contributed by atoms with van der Waals surface area (Å²) in [7, 11) is 2.05. The van der Waals surface area contributed by atoms with Crippen LogP contribution in [0.5, 0.6) is 0 Å². The van der Waals surface area contributed by atoms with Crippen molar-refractivity contribution in [1.82, 2.24) is 5.32 Å². The van der Waals surface area contributed by atoms with Crippen LogP contribution in [0.3, 0.4) is 0 Å². The molecule has 0 fully saturated rings. The molecule has 1 N–H and O–H groups in total. The van der Waals surface area contributed by atoms with Crippen molar-refractivity contribution >= 4 is 0 Å². The van der Waals surface area contributed by atoms with E-state index in [9.17, 15) is 0 Å². The molecule has 0 spiro atoms. The maximum Gasteiger partial charge on any atom is 0.0153 e. The molecule has 0 aromatic heterocycles. The second-order valence-electron chi connectivity index (χ2n) is 5.58. The SMILES string of the molecule is CCc1ccc(CC(NC)C(C)(C)C)cc1. The van der Waals surface area contributed by atoms with Crippen LogP contribution >= 0.6 is 0 Å². The highest BCUT2D eigenvalue weighted by Crippen LogP contribution is 2.22. The first-order valence-corrected chi connectivity index (χ1v) is 6.22. The third-order valence-corrected chi connectivity index (χ3v) is 3.26. The van der Waals surface area contributed by atoms with Gasteiger partial charge in [0.05, 0.1) is 0 Å². The van der Waals surface area contributed by atoms with Crippen LogP contribution in [0.25, 0.3) is 0 Å². The van der Waals surface area contributed by atoms with Crippen molar-refractivity contribution in [3.05, 3.63) is 35.4 Å². The van der Waals surface area contributed by atoms with Crippen LogP contribution in [0.4, 0.5) is 0 Å². The van der Waals surface area contributed by atoms with E-state index in [1.54, 1.807) is 0 Å². The highest BCUT2D eigenvalue weighted by molar-refractivity contribution is 5.23. The molecular formula is C15H25N. The standard InChI is InChI=1S/C15H25N/c1-6-12-7-9-13(10-8-12)11-14(16-5)15(2,3)4/h7-10,14,16H,6,11H2,1-5H3. The quantitative estimate of drug-likeness (QED) is 0.818. The molecule has 1 unspecified atom stereocenters. The predicted octanol–water partition coefficient (Wildman–Crippen LogP) is 3.43. The zero-order chi connectivity index (χ0) is 12.2. The second kappa shape index (κ2) is 5.49. The molecular weight excluding hydrogens is 194 g/mol. The summed E-state index contributed by atoms with van der Waals surface area (Å²) < 4.78 is 0. The summed E-state index contributed by atoms with van der Waals surface area (Å²) in [4.78, 5) is 0. The first-order chi connectivity index (χ1) is 7.47. The van der Waals surface area contributed by atoms with Crippen molar-refractivity contribution in [2.45, 2.75) is 46.6 Å². The summed E-state index contributed by atoms with van der Waals surface area (Å²) >= 11 is 0. The normalized spacial score (nSPS) is 13.8. The molecule has 0 aliphatic heterocycles. The minimum Gasteiger partial charge on any atom is -0.316 e. The zero-order valence-electron chi connectivity index (χ0n) is 11.3. The molecule has 0 saturated heterocycles. The number of hydrogen-bond donors (Lipinski definition) is 1. The predicted molar refractivity (Wildman–Crippen MR) is 71.8 cm³/mol. The number of aryl methyl sites for hydroxylation is 1. The molecule has 1 heteroatoms. The van der Waals surface area contributed by atoms with Crippen LogP contribution in [0.15, 0.2) is 24.3 Å². The highest BCUT2D eigenvalue weighted by Gasteiger charge is 2.22. The molecule has 0 bridgehead atoms. The molecule has 1 nitrogen and oxygen atoms in total. The first-order valence-electron chi connectivity index (χ1n) is 6.22. The molecule has 0 saturated carbocycles. The van der Waals surface area contributed by atoms with E-state index in [0.717, 1.165) is 12.8 Å². The van der Waals surface area contributed by atoms with Crippen molar-refractivity contribution < 1.29 is 0 Å². The van der Waals surface area contributed by atoms with E-state index in [1.807, 2.05) is 0 Å². The molecule has 0 radical (unpaired) electrons. The van der Waals surface area contributed by atoms with E-state index in [0.29, 0.717) is 11.5 Å². The fourth-order valence-corrected chi connectivity index (χ4v) is 1.99. The van der Waals surface area contributed by atoms with Crippen LogP contribution < -0.4 is 5.32 Å². The fraction of sp³-hybridized carbons (Fsp3) is 0.600. The van der Waals surface area contributed by atoms with Crippen LogP contribution in [-0.4, -0.2) is 13.1 Å². The molecule has 0 aliphatic rings. The van der Waals surface area contributed by atoms with Gasteiger partial charge in [0, 0.05) is 6.04 Å². The number of nitrogens with one attached hydrogen (secondary N) is 1. The van der Waals surface area contributed by atoms with Gasteiger partial charge in [-0.25, -0.2) is 0 Å². The highest BCUT2D eigenvalue weighted by atomic mass is 14.9. The van der Waals surface area contributed by atoms with Crippen LogP contribution in [0.2, 0.25) is 0 Å². The Bertz CT molecular complexity index is 305. The molecule has 1 aromatic carbocycles. The third-order valence-electron chi connectivity index (χ3n) is 3.26. The number of rotatable bonds is 4. The van der Waals surface area contributed by atoms with Gasteiger partial charge >= 0.3 is 0 Å². The Morgan fingerprint density at radius 3 is 1.94 bits per heavy atom. The molecule has 1 rings (SSSR count). The Morgan fingerprint density at radius 2 is 1.56 bits per heavy atom. The summed E-state index contributed by atoms with van der Waals surface area (Å²) in [5.74, 6) is 0. The van der Waals surface area contributed by atoms with Crippen molar-refractivity contribution in [3.63, 3.8) is 0 Å². The molecule has 90 valence electrons. The van der Waals surface area contributed by atoms with Gasteiger partial charge in [0.25, 0.3) is 0 Å². The van der Waals surface area contributed by atoms with Gasteiger partial charge in [0.15, 0.2) is 0 Å². The monoisotopic (exact) mass is 219 g/mol. The lowest BCUT2D eigenvalue weighted by molar-refractivity contribution is 0.280. The summed E-state index contributed by atoms with van der Waals surface area (Å²) in [6, 6.07) is 9.53. The minimum absolute atomic E-state index is 0.304. The van der Waals surface area contributed by atoms with Crippen molar-refractivity contribution in [2.75, 3.05) is 7.05 Å². The van der Waals surface area contributed by atoms with Gasteiger partial charge < -0.3 is 5.32 Å². The summed E-state index contributed by atoms with van der Waals surface area (Å²) in [6.07, 6.45) is 2.22. The topological polar surface area (TPSA) is 12.0 Å². The average molecular weight is 219 g/mol. The minimum atomic E-state index is 0.304. The van der Waals surface area contributed by atoms with Crippen molar-refractivity contribution in [3.8, 4) is 0 Å². The van der Waals surface area contributed by atoms with Gasteiger partial charge in [0.1, 0.15) is 0 Å². The molecule has 0 aliphatic carbocycles. The Balaban J connectivity index is 2.71. The van der Waals surface area contributed by atoms with E-state index in [4.69, 9.17) is 0 Å². The molecule has 1 atom stereocenters. The smallest absolute Gasteiger partial charge is 0.0153 e. The second-order valence-corrected chi connectivity index (χ2v) is 5.58. The number of hydrogen-bond acceptors (Lipinski definition) is 1. The summed E-state index contributed by atoms with van der Waals surface area (Å²) in [5, 5.41) is 3.42. The van der Waals surface area contributed by atoms with Crippen LogP contribution in [-0.2, 0) is 12.8 Å². The van der Waals surface area contributed by atoms with E-state index >= 15 is 0 Å². The van der Waals surface area contributed by atoms with Crippen molar-refractivity contribution in [1.29, 1.82) is 0 Å². The van der Waals surface area contributed by atoms with Gasteiger partial charge in [-0.1, -0.05) is 52.0 Å². The number of benzene rings is 1. The molecule has 0 amide bonds. The molecule has 16 heavy (non-hydrogen) atoms. The molecule has 1 aromatic rings. The third kappa shape index (κ3) is 3.64. The Labute approximate surface area is 100 Å². The van der Waals surface area contributed by atoms with E-state index in [2.05, 4.69) is 64.3 Å². The lowest BCUT2D eigenvalue weighted by Gasteiger charge is -2.30. The van der Waals surface area contributed by atoms with Gasteiger partial charge in [-0.15, -0.1) is 0 Å². The van der Waals surface area contributed by atoms with E-state index in [-0.39, 0.29) is 0 Å². The lowest BCUT2D eigenvalue weighted by Crippen LogP contribution is -2.39. The summed E-state index contributed by atoms with van der Waals surface area (Å²) in [6.45, 7) is 9.05. The largest absolute Gasteiger partial charge is 0.316 e. The van der Waals surface area contributed by atoms with Crippen LogP contribution in [0, 0.1) is 5.41 Å². The van der Waals surface area contributed by atoms with Gasteiger partial charge in [-0.05, 0) is 36.4 Å². The first kappa shape index (κ1) is 13.2. The average Bonchev–Trinajstić information content (AvgIpc) is 2.25. The van der Waals surface area contributed by atoms with Gasteiger partial charge in [-0.3, -0.25) is 0 Å². The zero-order valence-corrected chi connectivity index (χ0v) is 11.3. The van der Waals surface area contributed by atoms with Gasteiger partial charge in [-0.2, -0.15) is 0 Å². The van der Waals surface area contributed by atoms with E-state index < -0.39 is 0 Å². The maximum absolute atomic E-state index is 3.42. The van der Waals surface area contributed by atoms with Gasteiger partial charge in [0.2, 0.25) is 0 Å². The fourth-order valence-electron chi connectivity index (χ4n) is 1.99. The molecule has 0 heterocycles. The Hall–Kier alpha value is -0.820. The maximum atomic E-state index is 3.42.